The van der Waals surface area contributed by atoms with Gasteiger partial charge in [-0.25, -0.2) is 12.8 Å². The number of hydrogen-bond donors (Lipinski definition) is 1. The monoisotopic (exact) mass is 284 g/mol. The van der Waals surface area contributed by atoms with Crippen LogP contribution in [0, 0.1) is 5.82 Å². The predicted molar refractivity (Wildman–Crippen MR) is 78.7 cm³/mol. The van der Waals surface area contributed by atoms with E-state index < -0.39 is 10.7 Å². The average molecular weight is 284 g/mol. The molecule has 0 atom stereocenters. The number of hydrogen-bond acceptors (Lipinski definition) is 2. The molecular formula is C16H9FO2S. The first kappa shape index (κ1) is 11.6. The Morgan fingerprint density at radius 2 is 1.25 bits per heavy atom. The molecule has 0 amide bonds. The molecule has 0 heterocycles. The fraction of sp³-hybridized carbons (Fsp3) is 0. The summed E-state index contributed by atoms with van der Waals surface area (Å²) in [6, 6.07) is 13.7. The van der Waals surface area contributed by atoms with Crippen molar-refractivity contribution in [1.29, 1.82) is 0 Å². The van der Waals surface area contributed by atoms with Crippen molar-refractivity contribution in [2.75, 3.05) is 0 Å². The summed E-state index contributed by atoms with van der Waals surface area (Å²) in [5.41, 5.74) is 0. The maximum absolute atomic E-state index is 14.0. The fourth-order valence-electron chi connectivity index (χ4n) is 2.91. The quantitative estimate of drug-likeness (QED) is 0.427. The van der Waals surface area contributed by atoms with Gasteiger partial charge in [0.2, 0.25) is 0 Å². The van der Waals surface area contributed by atoms with Crippen molar-refractivity contribution in [3.63, 3.8) is 0 Å². The zero-order valence-electron chi connectivity index (χ0n) is 10.3. The van der Waals surface area contributed by atoms with Gasteiger partial charge in [0.15, 0.2) is 10.7 Å². The van der Waals surface area contributed by atoms with E-state index in [1.54, 1.807) is 30.3 Å². The second-order valence-electron chi connectivity index (χ2n) is 4.81. The van der Waals surface area contributed by atoms with Crippen molar-refractivity contribution in [3.8, 4) is 0 Å². The van der Waals surface area contributed by atoms with Gasteiger partial charge in [0.05, 0.1) is 4.90 Å². The smallest absolute Gasteiger partial charge is 0.168 e. The number of thiol groups is 1. The van der Waals surface area contributed by atoms with Crippen LogP contribution in [-0.4, -0.2) is 8.42 Å². The van der Waals surface area contributed by atoms with E-state index in [0.717, 1.165) is 21.5 Å². The molecule has 20 heavy (non-hydrogen) atoms. The lowest BCUT2D eigenvalue weighted by molar-refractivity contribution is 0.615. The van der Waals surface area contributed by atoms with Crippen molar-refractivity contribution in [3.05, 3.63) is 54.3 Å². The highest BCUT2D eigenvalue weighted by Gasteiger charge is 2.13. The maximum atomic E-state index is 14.0. The standard InChI is InChI=1S/C16H9FO2S/c17-13-7-3-9-2-6-12-14(20(18)19)8-4-10-1-5-11(13)15(9)16(10)12/h1-8,20H. The molecule has 0 aliphatic rings. The van der Waals surface area contributed by atoms with Crippen molar-refractivity contribution < 1.29 is 12.8 Å². The molecule has 0 N–H and O–H groups in total. The summed E-state index contributed by atoms with van der Waals surface area (Å²) in [7, 11) is -2.67. The Labute approximate surface area is 115 Å². The normalized spacial score (nSPS) is 12.1. The molecule has 4 heteroatoms. The Hall–Kier alpha value is -2.20. The lowest BCUT2D eigenvalue weighted by Crippen LogP contribution is -1.90. The largest absolute Gasteiger partial charge is 0.227 e. The Morgan fingerprint density at radius 3 is 1.95 bits per heavy atom. The van der Waals surface area contributed by atoms with Gasteiger partial charge in [0.1, 0.15) is 5.82 Å². The van der Waals surface area contributed by atoms with Gasteiger partial charge in [-0.1, -0.05) is 36.4 Å². The minimum Gasteiger partial charge on any atom is -0.227 e. The molecule has 0 saturated heterocycles. The molecule has 0 unspecified atom stereocenters. The van der Waals surface area contributed by atoms with Gasteiger partial charge in [0.25, 0.3) is 0 Å². The van der Waals surface area contributed by atoms with Crippen LogP contribution in [0.3, 0.4) is 0 Å². The van der Waals surface area contributed by atoms with Crippen molar-refractivity contribution >= 4 is 43.0 Å². The second kappa shape index (κ2) is 3.90. The molecule has 0 spiro atoms. The summed E-state index contributed by atoms with van der Waals surface area (Å²) in [4.78, 5) is 0.283. The number of rotatable bonds is 1. The van der Waals surface area contributed by atoms with Gasteiger partial charge in [-0.05, 0) is 28.3 Å². The van der Waals surface area contributed by atoms with E-state index in [2.05, 4.69) is 0 Å². The SMILES string of the molecule is O=[SH](=O)c1ccc2ccc3c(F)ccc4ccc1c2c43. The van der Waals surface area contributed by atoms with Gasteiger partial charge in [-0.2, -0.15) is 0 Å². The van der Waals surface area contributed by atoms with E-state index in [4.69, 9.17) is 0 Å². The third kappa shape index (κ3) is 1.40. The third-order valence-electron chi connectivity index (χ3n) is 3.79. The van der Waals surface area contributed by atoms with Gasteiger partial charge in [0, 0.05) is 16.2 Å². The lowest BCUT2D eigenvalue weighted by Gasteiger charge is -2.12. The first-order valence-electron chi connectivity index (χ1n) is 6.17. The van der Waals surface area contributed by atoms with E-state index in [0.29, 0.717) is 10.8 Å². The van der Waals surface area contributed by atoms with Crippen LogP contribution in [0.1, 0.15) is 0 Å². The van der Waals surface area contributed by atoms with Crippen molar-refractivity contribution in [1.82, 2.24) is 0 Å². The Balaban J connectivity index is 2.41. The topological polar surface area (TPSA) is 34.1 Å². The summed E-state index contributed by atoms with van der Waals surface area (Å²) in [5.74, 6) is -0.288. The zero-order chi connectivity index (χ0) is 13.9. The molecule has 0 aliphatic heterocycles. The zero-order valence-corrected chi connectivity index (χ0v) is 11.2. The second-order valence-corrected chi connectivity index (χ2v) is 5.81. The van der Waals surface area contributed by atoms with E-state index in [9.17, 15) is 12.8 Å². The summed E-state index contributed by atoms with van der Waals surface area (Å²) < 4.78 is 36.7. The highest BCUT2D eigenvalue weighted by atomic mass is 32.2. The summed E-state index contributed by atoms with van der Waals surface area (Å²) in [6.45, 7) is 0. The molecule has 4 aromatic carbocycles. The molecule has 0 radical (unpaired) electrons. The number of benzene rings is 4. The highest BCUT2D eigenvalue weighted by molar-refractivity contribution is 7.72. The van der Waals surface area contributed by atoms with Gasteiger partial charge in [-0.15, -0.1) is 0 Å². The van der Waals surface area contributed by atoms with E-state index >= 15 is 0 Å². The van der Waals surface area contributed by atoms with Crippen LogP contribution in [0.4, 0.5) is 4.39 Å². The minimum absolute atomic E-state index is 0.283. The maximum Gasteiger partial charge on any atom is 0.168 e. The van der Waals surface area contributed by atoms with Crippen LogP contribution in [0.15, 0.2) is 53.4 Å². The van der Waals surface area contributed by atoms with Crippen LogP contribution >= 0.6 is 0 Å². The number of halogens is 1. The predicted octanol–water partition coefficient (Wildman–Crippen LogP) is 3.69. The first-order chi connectivity index (χ1) is 9.66. The Kier molecular flexibility index (Phi) is 2.26. The van der Waals surface area contributed by atoms with Crippen LogP contribution < -0.4 is 0 Å². The van der Waals surface area contributed by atoms with E-state index in [1.807, 2.05) is 12.1 Å². The molecule has 2 nitrogen and oxygen atoms in total. The van der Waals surface area contributed by atoms with Crippen LogP contribution in [0.25, 0.3) is 32.3 Å². The first-order valence-corrected chi connectivity index (χ1v) is 7.35. The van der Waals surface area contributed by atoms with Crippen LogP contribution in [0.2, 0.25) is 0 Å². The van der Waals surface area contributed by atoms with Gasteiger partial charge < -0.3 is 0 Å². The fourth-order valence-corrected chi connectivity index (χ4v) is 3.49. The third-order valence-corrected chi connectivity index (χ3v) is 4.57. The minimum atomic E-state index is -2.67. The van der Waals surface area contributed by atoms with E-state index in [1.165, 1.54) is 6.07 Å². The molecule has 98 valence electrons. The van der Waals surface area contributed by atoms with Crippen molar-refractivity contribution in [2.24, 2.45) is 0 Å². The Morgan fingerprint density at radius 1 is 0.700 bits per heavy atom. The van der Waals surface area contributed by atoms with Crippen LogP contribution in [-0.2, 0) is 10.7 Å². The Bertz CT molecular complexity index is 1040. The average Bonchev–Trinajstić information content (AvgIpc) is 2.46. The van der Waals surface area contributed by atoms with Crippen molar-refractivity contribution in [2.45, 2.75) is 4.90 Å². The molecule has 0 fully saturated rings. The molecule has 0 aromatic heterocycles. The molecule has 4 rings (SSSR count). The summed E-state index contributed by atoms with van der Waals surface area (Å²) in [5, 5.41) is 4.62. The molecular weight excluding hydrogens is 275 g/mol. The molecule has 0 saturated carbocycles. The summed E-state index contributed by atoms with van der Waals surface area (Å²) >= 11 is 0. The van der Waals surface area contributed by atoms with Gasteiger partial charge >= 0.3 is 0 Å². The lowest BCUT2D eigenvalue weighted by atomic mass is 9.94. The van der Waals surface area contributed by atoms with Crippen LogP contribution in [0.5, 0.6) is 0 Å². The molecule has 0 aliphatic carbocycles. The molecule has 0 bridgehead atoms. The highest BCUT2D eigenvalue weighted by Crippen LogP contribution is 2.37. The van der Waals surface area contributed by atoms with E-state index in [-0.39, 0.29) is 10.7 Å². The summed E-state index contributed by atoms with van der Waals surface area (Å²) in [6.07, 6.45) is 0. The van der Waals surface area contributed by atoms with Gasteiger partial charge in [-0.3, -0.25) is 0 Å². The molecule has 4 aromatic rings.